The van der Waals surface area contributed by atoms with E-state index in [0.29, 0.717) is 12.8 Å². The van der Waals surface area contributed by atoms with Crippen LogP contribution in [-0.4, -0.2) is 36.4 Å². The van der Waals surface area contributed by atoms with E-state index in [4.69, 9.17) is 9.47 Å². The molecule has 0 aliphatic carbocycles. The van der Waals surface area contributed by atoms with Gasteiger partial charge in [-0.2, -0.15) is 0 Å². The van der Waals surface area contributed by atoms with E-state index >= 15 is 0 Å². The second-order valence-corrected chi connectivity index (χ2v) is 19.3. The molecule has 396 valence electrons. The van der Waals surface area contributed by atoms with Crippen LogP contribution in [0.25, 0.3) is 0 Å². The molecule has 1 unspecified atom stereocenters. The zero-order valence-corrected chi connectivity index (χ0v) is 45.3. The molecular formula is C64H110O5. The van der Waals surface area contributed by atoms with E-state index in [2.05, 4.69) is 111 Å². The second kappa shape index (κ2) is 59.1. The van der Waals surface area contributed by atoms with Gasteiger partial charge in [-0.15, -0.1) is 0 Å². The van der Waals surface area contributed by atoms with Crippen molar-refractivity contribution >= 4 is 11.9 Å². The van der Waals surface area contributed by atoms with Crippen molar-refractivity contribution in [3.63, 3.8) is 0 Å². The lowest BCUT2D eigenvalue weighted by atomic mass is 10.0. The first-order valence-corrected chi connectivity index (χ1v) is 29.3. The zero-order chi connectivity index (χ0) is 49.9. The SMILES string of the molecule is CC/C=C\C/C=C\C/C=C\C/C=C\C/C=C\C/C=C\C/C=C\C/C=C\CCCCCCCCCCCCC(=O)OC(CO)COC(=O)CCCCCCCCCCCCCCCCCCCCCC. The number of hydrogen-bond acceptors (Lipinski definition) is 5. The summed E-state index contributed by atoms with van der Waals surface area (Å²) in [7, 11) is 0. The number of carbonyl (C=O) groups is 2. The molecule has 0 radical (unpaired) electrons. The summed E-state index contributed by atoms with van der Waals surface area (Å²) >= 11 is 0. The lowest BCUT2D eigenvalue weighted by Crippen LogP contribution is -2.28. The van der Waals surface area contributed by atoms with Crippen LogP contribution in [0.4, 0.5) is 0 Å². The highest BCUT2D eigenvalue weighted by Crippen LogP contribution is 2.16. The molecule has 69 heavy (non-hydrogen) atoms. The van der Waals surface area contributed by atoms with Crippen molar-refractivity contribution in [2.24, 2.45) is 0 Å². The molecule has 0 fully saturated rings. The Morgan fingerprint density at radius 2 is 0.623 bits per heavy atom. The van der Waals surface area contributed by atoms with Gasteiger partial charge in [0.15, 0.2) is 6.10 Å². The normalized spacial score (nSPS) is 12.9. The summed E-state index contributed by atoms with van der Waals surface area (Å²) in [5, 5.41) is 9.66. The number of aliphatic hydroxyl groups excluding tert-OH is 1. The van der Waals surface area contributed by atoms with E-state index in [1.807, 2.05) is 0 Å². The Balaban J connectivity index is 3.53. The first-order chi connectivity index (χ1) is 34.1. The molecule has 0 rings (SSSR count). The predicted octanol–water partition coefficient (Wildman–Crippen LogP) is 19.9. The van der Waals surface area contributed by atoms with Gasteiger partial charge >= 0.3 is 11.9 Å². The fourth-order valence-corrected chi connectivity index (χ4v) is 8.28. The highest BCUT2D eigenvalue weighted by molar-refractivity contribution is 5.70. The minimum atomic E-state index is -0.778. The zero-order valence-electron chi connectivity index (χ0n) is 45.3. The molecule has 0 spiro atoms. The van der Waals surface area contributed by atoms with Gasteiger partial charge in [-0.05, 0) is 77.0 Å². The van der Waals surface area contributed by atoms with Gasteiger partial charge in [0, 0.05) is 12.8 Å². The molecule has 0 saturated heterocycles. The minimum absolute atomic E-state index is 0.0681. The quantitative estimate of drug-likeness (QED) is 0.0374. The summed E-state index contributed by atoms with van der Waals surface area (Å²) in [4.78, 5) is 24.5. The molecule has 0 aliphatic rings. The van der Waals surface area contributed by atoms with Crippen LogP contribution in [-0.2, 0) is 19.1 Å². The number of unbranched alkanes of at least 4 members (excludes halogenated alkanes) is 29. The molecule has 0 aromatic carbocycles. The average Bonchev–Trinajstić information content (AvgIpc) is 3.35. The van der Waals surface area contributed by atoms with Crippen molar-refractivity contribution in [3.05, 3.63) is 97.2 Å². The van der Waals surface area contributed by atoms with Gasteiger partial charge in [-0.1, -0.05) is 284 Å². The van der Waals surface area contributed by atoms with Crippen LogP contribution in [0, 0.1) is 0 Å². The summed E-state index contributed by atoms with van der Waals surface area (Å²) in [6.07, 6.45) is 83.8. The van der Waals surface area contributed by atoms with Crippen molar-refractivity contribution in [1.82, 2.24) is 0 Å². The summed E-state index contributed by atoms with van der Waals surface area (Å²) in [6, 6.07) is 0. The molecule has 0 amide bonds. The first kappa shape index (κ1) is 65.8. The fourth-order valence-electron chi connectivity index (χ4n) is 8.28. The van der Waals surface area contributed by atoms with E-state index in [-0.39, 0.29) is 25.2 Å². The van der Waals surface area contributed by atoms with Crippen LogP contribution in [0.3, 0.4) is 0 Å². The summed E-state index contributed by atoms with van der Waals surface area (Å²) < 4.78 is 10.7. The Labute approximate surface area is 428 Å². The molecule has 0 aliphatic heterocycles. The lowest BCUT2D eigenvalue weighted by Gasteiger charge is -2.15. The van der Waals surface area contributed by atoms with Crippen LogP contribution in [0.15, 0.2) is 97.2 Å². The van der Waals surface area contributed by atoms with Gasteiger partial charge < -0.3 is 14.6 Å². The highest BCUT2D eigenvalue weighted by Gasteiger charge is 2.16. The molecule has 0 aromatic rings. The van der Waals surface area contributed by atoms with E-state index in [1.54, 1.807) is 0 Å². The van der Waals surface area contributed by atoms with Crippen molar-refractivity contribution in [1.29, 1.82) is 0 Å². The summed E-state index contributed by atoms with van der Waals surface area (Å²) in [5.74, 6) is -0.588. The van der Waals surface area contributed by atoms with Gasteiger partial charge in [0.1, 0.15) is 6.61 Å². The Bertz CT molecular complexity index is 1310. The maximum Gasteiger partial charge on any atom is 0.306 e. The van der Waals surface area contributed by atoms with Gasteiger partial charge in [-0.3, -0.25) is 9.59 Å². The van der Waals surface area contributed by atoms with Crippen LogP contribution in [0.2, 0.25) is 0 Å². The molecule has 0 saturated carbocycles. The topological polar surface area (TPSA) is 72.8 Å². The smallest absolute Gasteiger partial charge is 0.306 e. The number of aliphatic hydroxyl groups is 1. The highest BCUT2D eigenvalue weighted by atomic mass is 16.6. The lowest BCUT2D eigenvalue weighted by molar-refractivity contribution is -0.161. The molecule has 0 aromatic heterocycles. The van der Waals surface area contributed by atoms with Crippen molar-refractivity contribution in [3.8, 4) is 0 Å². The second-order valence-electron chi connectivity index (χ2n) is 19.3. The van der Waals surface area contributed by atoms with Crippen molar-refractivity contribution in [2.75, 3.05) is 13.2 Å². The van der Waals surface area contributed by atoms with Crippen LogP contribution < -0.4 is 0 Å². The van der Waals surface area contributed by atoms with Gasteiger partial charge in [0.2, 0.25) is 0 Å². The molecule has 5 heteroatoms. The van der Waals surface area contributed by atoms with Crippen LogP contribution >= 0.6 is 0 Å². The number of ether oxygens (including phenoxy) is 2. The van der Waals surface area contributed by atoms with Gasteiger partial charge in [-0.25, -0.2) is 0 Å². The number of rotatable bonds is 53. The van der Waals surface area contributed by atoms with E-state index in [1.165, 1.54) is 161 Å². The standard InChI is InChI=1S/C64H110O5/c1-3-5-7-9-11-13-15-17-19-21-23-25-26-27-28-29-30-31-32-33-34-35-36-37-38-39-41-43-45-47-49-51-53-55-57-59-64(67)69-62(60-65)61-68-63(66)58-56-54-52-50-48-46-44-42-40-24-22-20-18-16-14-12-10-8-6-4-2/h5,7,11,13,17,19,23,25,27-28,30-31,33-34,36-37,62,65H,3-4,6,8-10,12,14-16,18,20-22,24,26,29,32,35,38-61H2,1-2H3/b7-5-,13-11-,19-17-,25-23-,28-27-,31-30-,34-33-,37-36-. The maximum atomic E-state index is 12.3. The predicted molar refractivity (Wildman–Crippen MR) is 302 cm³/mol. The van der Waals surface area contributed by atoms with E-state index < -0.39 is 6.10 Å². The van der Waals surface area contributed by atoms with Crippen molar-refractivity contribution in [2.45, 2.75) is 283 Å². The molecule has 0 bridgehead atoms. The summed E-state index contributed by atoms with van der Waals surface area (Å²) in [5.41, 5.74) is 0. The van der Waals surface area contributed by atoms with Gasteiger partial charge in [0.05, 0.1) is 6.61 Å². The molecule has 0 heterocycles. The number of esters is 2. The Hall–Kier alpha value is -3.18. The summed E-state index contributed by atoms with van der Waals surface area (Å²) in [6.45, 7) is 4.05. The molecule has 1 N–H and O–H groups in total. The monoisotopic (exact) mass is 959 g/mol. The van der Waals surface area contributed by atoms with Crippen LogP contribution in [0.1, 0.15) is 277 Å². The maximum absolute atomic E-state index is 12.3. The minimum Gasteiger partial charge on any atom is -0.462 e. The van der Waals surface area contributed by atoms with E-state index in [0.717, 1.165) is 89.9 Å². The number of carbonyl (C=O) groups excluding carboxylic acids is 2. The van der Waals surface area contributed by atoms with Crippen LogP contribution in [0.5, 0.6) is 0 Å². The molecule has 1 atom stereocenters. The van der Waals surface area contributed by atoms with E-state index in [9.17, 15) is 14.7 Å². The third-order valence-electron chi connectivity index (χ3n) is 12.6. The Kier molecular flexibility index (Phi) is 56.4. The molecular weight excluding hydrogens is 849 g/mol. The molecule has 5 nitrogen and oxygen atoms in total. The number of allylic oxidation sites excluding steroid dienone is 16. The fraction of sp³-hybridized carbons (Fsp3) is 0.719. The number of hydrogen-bond donors (Lipinski definition) is 1. The Morgan fingerprint density at radius 3 is 0.942 bits per heavy atom. The van der Waals surface area contributed by atoms with Gasteiger partial charge in [0.25, 0.3) is 0 Å². The first-order valence-electron chi connectivity index (χ1n) is 29.3. The third-order valence-corrected chi connectivity index (χ3v) is 12.6. The average molecular weight is 960 g/mol. The Morgan fingerprint density at radius 1 is 0.348 bits per heavy atom. The largest absolute Gasteiger partial charge is 0.462 e. The third kappa shape index (κ3) is 57.3. The van der Waals surface area contributed by atoms with Crippen molar-refractivity contribution < 1.29 is 24.2 Å².